The van der Waals surface area contributed by atoms with Crippen LogP contribution in [-0.2, 0) is 6.54 Å². The number of hydrogen-bond acceptors (Lipinski definition) is 3. The van der Waals surface area contributed by atoms with Crippen molar-refractivity contribution in [3.05, 3.63) is 45.0 Å². The standard InChI is InChI=1S/C12H11FIN3O/c1-2-5-17-11(7-15-16-17)12(18)9-4-3-8(13)6-10(9)14/h3-4,6-7H,2,5H2,1H3. The zero-order valence-electron chi connectivity index (χ0n) is 9.73. The van der Waals surface area contributed by atoms with Gasteiger partial charge in [0.25, 0.3) is 0 Å². The Balaban J connectivity index is 2.38. The predicted octanol–water partition coefficient (Wildman–Crippen LogP) is 2.66. The molecule has 2 aromatic rings. The lowest BCUT2D eigenvalue weighted by Crippen LogP contribution is -2.12. The van der Waals surface area contributed by atoms with Crippen LogP contribution in [-0.4, -0.2) is 20.8 Å². The third kappa shape index (κ3) is 2.58. The van der Waals surface area contributed by atoms with Gasteiger partial charge in [-0.1, -0.05) is 12.1 Å². The molecule has 0 atom stereocenters. The molecule has 0 saturated carbocycles. The van der Waals surface area contributed by atoms with Crippen LogP contribution in [0, 0.1) is 9.39 Å². The van der Waals surface area contributed by atoms with E-state index >= 15 is 0 Å². The summed E-state index contributed by atoms with van der Waals surface area (Å²) < 4.78 is 15.2. The number of benzene rings is 1. The van der Waals surface area contributed by atoms with Gasteiger partial charge >= 0.3 is 0 Å². The molecule has 0 fully saturated rings. The fraction of sp³-hybridized carbons (Fsp3) is 0.250. The molecule has 0 aliphatic rings. The number of nitrogens with zero attached hydrogens (tertiary/aromatic N) is 3. The van der Waals surface area contributed by atoms with Gasteiger partial charge in [0.2, 0.25) is 5.78 Å². The van der Waals surface area contributed by atoms with E-state index in [0.29, 0.717) is 21.4 Å². The van der Waals surface area contributed by atoms with E-state index < -0.39 is 0 Å². The largest absolute Gasteiger partial charge is 0.287 e. The van der Waals surface area contributed by atoms with Gasteiger partial charge in [-0.05, 0) is 47.2 Å². The second kappa shape index (κ2) is 5.55. The van der Waals surface area contributed by atoms with Gasteiger partial charge in [0.15, 0.2) is 0 Å². The van der Waals surface area contributed by atoms with Crippen LogP contribution in [0.3, 0.4) is 0 Å². The summed E-state index contributed by atoms with van der Waals surface area (Å²) in [5, 5.41) is 7.62. The first-order chi connectivity index (χ1) is 8.63. The van der Waals surface area contributed by atoms with Crippen molar-refractivity contribution < 1.29 is 9.18 Å². The molecular weight excluding hydrogens is 348 g/mol. The molecule has 94 valence electrons. The van der Waals surface area contributed by atoms with Crippen LogP contribution in [0.2, 0.25) is 0 Å². The topological polar surface area (TPSA) is 47.8 Å². The van der Waals surface area contributed by atoms with E-state index in [0.717, 1.165) is 6.42 Å². The average Bonchev–Trinajstić information content (AvgIpc) is 2.77. The van der Waals surface area contributed by atoms with E-state index in [1.807, 2.05) is 29.5 Å². The van der Waals surface area contributed by atoms with Crippen molar-refractivity contribution in [3.8, 4) is 0 Å². The van der Waals surface area contributed by atoms with Crippen molar-refractivity contribution in [2.24, 2.45) is 0 Å². The summed E-state index contributed by atoms with van der Waals surface area (Å²) in [5.41, 5.74) is 0.901. The van der Waals surface area contributed by atoms with Gasteiger partial charge in [-0.15, -0.1) is 5.10 Å². The smallest absolute Gasteiger partial charge is 0.213 e. The highest BCUT2D eigenvalue weighted by molar-refractivity contribution is 14.1. The van der Waals surface area contributed by atoms with E-state index in [4.69, 9.17) is 0 Å². The number of carbonyl (C=O) groups is 1. The maximum atomic E-state index is 13.0. The Kier molecular flexibility index (Phi) is 4.05. The van der Waals surface area contributed by atoms with E-state index in [2.05, 4.69) is 10.3 Å². The van der Waals surface area contributed by atoms with Gasteiger partial charge in [-0.2, -0.15) is 0 Å². The molecule has 6 heteroatoms. The molecule has 18 heavy (non-hydrogen) atoms. The first-order valence-electron chi connectivity index (χ1n) is 5.51. The zero-order chi connectivity index (χ0) is 13.1. The molecule has 0 aliphatic carbocycles. The fourth-order valence-corrected chi connectivity index (χ4v) is 2.34. The van der Waals surface area contributed by atoms with Crippen molar-refractivity contribution in [2.75, 3.05) is 0 Å². The maximum Gasteiger partial charge on any atom is 0.213 e. The van der Waals surface area contributed by atoms with Crippen LogP contribution < -0.4 is 0 Å². The summed E-state index contributed by atoms with van der Waals surface area (Å²) in [6.07, 6.45) is 2.31. The van der Waals surface area contributed by atoms with Gasteiger partial charge < -0.3 is 0 Å². The quantitative estimate of drug-likeness (QED) is 0.623. The molecule has 0 aliphatic heterocycles. The summed E-state index contributed by atoms with van der Waals surface area (Å²) in [6.45, 7) is 2.64. The fourth-order valence-electron chi connectivity index (χ4n) is 1.62. The molecule has 0 N–H and O–H groups in total. The number of aromatic nitrogens is 3. The Hall–Kier alpha value is -1.31. The minimum Gasteiger partial charge on any atom is -0.287 e. The van der Waals surface area contributed by atoms with Crippen molar-refractivity contribution in [2.45, 2.75) is 19.9 Å². The summed E-state index contributed by atoms with van der Waals surface area (Å²) >= 11 is 1.95. The second-order valence-electron chi connectivity index (χ2n) is 3.80. The summed E-state index contributed by atoms with van der Waals surface area (Å²) in [6, 6.07) is 4.10. The minimum atomic E-state index is -0.351. The van der Waals surface area contributed by atoms with Crippen molar-refractivity contribution >= 4 is 28.4 Å². The van der Waals surface area contributed by atoms with E-state index in [1.165, 1.54) is 24.4 Å². The van der Waals surface area contributed by atoms with Crippen LogP contribution in [0.1, 0.15) is 29.4 Å². The number of ketones is 1. The first-order valence-corrected chi connectivity index (χ1v) is 6.59. The SMILES string of the molecule is CCCn1nncc1C(=O)c1ccc(F)cc1I. The Bertz CT molecular complexity index is 582. The highest BCUT2D eigenvalue weighted by Gasteiger charge is 2.17. The lowest BCUT2D eigenvalue weighted by Gasteiger charge is -2.05. The van der Waals surface area contributed by atoms with Crippen LogP contribution in [0.4, 0.5) is 4.39 Å². The Morgan fingerprint density at radius 1 is 1.50 bits per heavy atom. The molecule has 0 unspecified atom stereocenters. The van der Waals surface area contributed by atoms with E-state index in [9.17, 15) is 9.18 Å². The number of aryl methyl sites for hydroxylation is 1. The number of halogens is 2. The third-order valence-electron chi connectivity index (χ3n) is 2.46. The van der Waals surface area contributed by atoms with Crippen LogP contribution in [0.25, 0.3) is 0 Å². The molecular formula is C12H11FIN3O. The van der Waals surface area contributed by atoms with Gasteiger partial charge in [0.1, 0.15) is 11.5 Å². The Morgan fingerprint density at radius 3 is 2.94 bits per heavy atom. The van der Waals surface area contributed by atoms with Gasteiger partial charge in [0.05, 0.1) is 6.20 Å². The zero-order valence-corrected chi connectivity index (χ0v) is 11.9. The Labute approximate surface area is 117 Å². The maximum absolute atomic E-state index is 13.0. The van der Waals surface area contributed by atoms with Gasteiger partial charge in [0, 0.05) is 15.7 Å². The molecule has 2 rings (SSSR count). The lowest BCUT2D eigenvalue weighted by molar-refractivity contribution is 0.102. The number of hydrogen-bond donors (Lipinski definition) is 0. The van der Waals surface area contributed by atoms with Crippen molar-refractivity contribution in [3.63, 3.8) is 0 Å². The predicted molar refractivity (Wildman–Crippen MR) is 72.9 cm³/mol. The van der Waals surface area contributed by atoms with Crippen molar-refractivity contribution in [1.82, 2.24) is 15.0 Å². The Morgan fingerprint density at radius 2 is 2.28 bits per heavy atom. The second-order valence-corrected chi connectivity index (χ2v) is 4.96. The number of rotatable bonds is 4. The molecule has 1 aromatic heterocycles. The van der Waals surface area contributed by atoms with Crippen LogP contribution in [0.5, 0.6) is 0 Å². The normalized spacial score (nSPS) is 10.6. The summed E-state index contributed by atoms with van der Waals surface area (Å²) in [5.74, 6) is -0.533. The highest BCUT2D eigenvalue weighted by atomic mass is 127. The van der Waals surface area contributed by atoms with E-state index in [1.54, 1.807) is 4.68 Å². The summed E-state index contributed by atoms with van der Waals surface area (Å²) in [4.78, 5) is 12.3. The molecule has 0 radical (unpaired) electrons. The first kappa shape index (κ1) is 13.1. The molecule has 0 spiro atoms. The molecule has 0 saturated heterocycles. The summed E-state index contributed by atoms with van der Waals surface area (Å²) in [7, 11) is 0. The average molecular weight is 359 g/mol. The third-order valence-corrected chi connectivity index (χ3v) is 3.35. The monoisotopic (exact) mass is 359 g/mol. The van der Waals surface area contributed by atoms with Crippen LogP contribution >= 0.6 is 22.6 Å². The molecule has 4 nitrogen and oxygen atoms in total. The molecule has 1 aromatic carbocycles. The molecule has 0 amide bonds. The molecule has 1 heterocycles. The van der Waals surface area contributed by atoms with Crippen LogP contribution in [0.15, 0.2) is 24.4 Å². The highest BCUT2D eigenvalue weighted by Crippen LogP contribution is 2.17. The van der Waals surface area contributed by atoms with Crippen molar-refractivity contribution in [1.29, 1.82) is 0 Å². The minimum absolute atomic E-state index is 0.183. The van der Waals surface area contributed by atoms with Gasteiger partial charge in [-0.3, -0.25) is 4.79 Å². The number of carbonyl (C=O) groups excluding carboxylic acids is 1. The van der Waals surface area contributed by atoms with E-state index in [-0.39, 0.29) is 11.6 Å². The molecule has 0 bridgehead atoms. The lowest BCUT2D eigenvalue weighted by atomic mass is 10.1. The van der Waals surface area contributed by atoms with Gasteiger partial charge in [-0.25, -0.2) is 9.07 Å².